The van der Waals surface area contributed by atoms with Crippen LogP contribution in [0.5, 0.6) is 5.75 Å². The van der Waals surface area contributed by atoms with Gasteiger partial charge in [0.1, 0.15) is 5.75 Å². The number of hydrogen-bond donors (Lipinski definition) is 2. The minimum atomic E-state index is -0.538. The van der Waals surface area contributed by atoms with Gasteiger partial charge in [-0.3, -0.25) is 20.0 Å². The van der Waals surface area contributed by atoms with Crippen LogP contribution in [0, 0.1) is 24.0 Å². The topological polar surface area (TPSA) is 110 Å². The number of nitro benzene ring substituents is 1. The summed E-state index contributed by atoms with van der Waals surface area (Å²) in [4.78, 5) is 22.5. The first-order valence-corrected chi connectivity index (χ1v) is 6.09. The molecule has 0 aliphatic rings. The van der Waals surface area contributed by atoms with Crippen LogP contribution >= 0.6 is 0 Å². The van der Waals surface area contributed by atoms with E-state index in [0.717, 1.165) is 0 Å². The highest BCUT2D eigenvalue weighted by atomic mass is 16.6. The molecule has 8 nitrogen and oxygen atoms in total. The first-order chi connectivity index (χ1) is 9.93. The molecule has 0 spiro atoms. The Balaban J connectivity index is 2.36. The molecule has 0 fully saturated rings. The smallest absolute Gasteiger partial charge is 0.271 e. The van der Waals surface area contributed by atoms with Gasteiger partial charge in [0, 0.05) is 17.8 Å². The van der Waals surface area contributed by atoms with Crippen LogP contribution in [0.4, 0.5) is 11.4 Å². The summed E-state index contributed by atoms with van der Waals surface area (Å²) in [7, 11) is 1.42. The van der Waals surface area contributed by atoms with Crippen molar-refractivity contribution < 1.29 is 14.5 Å². The van der Waals surface area contributed by atoms with Crippen molar-refractivity contribution in [3.05, 3.63) is 45.3 Å². The summed E-state index contributed by atoms with van der Waals surface area (Å²) in [5.74, 6) is -0.0645. The summed E-state index contributed by atoms with van der Waals surface area (Å²) in [5.41, 5.74) is 1.68. The molecule has 0 radical (unpaired) electrons. The lowest BCUT2D eigenvalue weighted by Gasteiger charge is -2.10. The number of hydrogen-bond acceptors (Lipinski definition) is 5. The fourth-order valence-corrected chi connectivity index (χ4v) is 1.98. The minimum Gasteiger partial charge on any atom is -0.495 e. The van der Waals surface area contributed by atoms with E-state index < -0.39 is 10.8 Å². The third-order valence-electron chi connectivity index (χ3n) is 3.00. The van der Waals surface area contributed by atoms with Crippen molar-refractivity contribution in [2.75, 3.05) is 12.4 Å². The van der Waals surface area contributed by atoms with Crippen LogP contribution in [-0.2, 0) is 0 Å². The Morgan fingerprint density at radius 2 is 2.14 bits per heavy atom. The standard InChI is InChI=1S/C13H14N4O4/c1-7-12(8(2)16-15-7)13(18)14-10-6-9(17(19)20)4-5-11(10)21-3/h4-6H,1-3H3,(H,14,18)(H,15,16). The number of ether oxygens (including phenoxy) is 1. The molecule has 0 bridgehead atoms. The highest BCUT2D eigenvalue weighted by Crippen LogP contribution is 2.29. The van der Waals surface area contributed by atoms with Gasteiger partial charge in [-0.2, -0.15) is 5.10 Å². The van der Waals surface area contributed by atoms with Gasteiger partial charge in [0.05, 0.1) is 29.0 Å². The van der Waals surface area contributed by atoms with Crippen molar-refractivity contribution in [3.8, 4) is 5.75 Å². The Hall–Kier alpha value is -2.90. The van der Waals surface area contributed by atoms with Gasteiger partial charge in [0.15, 0.2) is 0 Å². The Bertz CT molecular complexity index is 689. The minimum absolute atomic E-state index is 0.133. The number of amides is 1. The molecule has 1 heterocycles. The average molecular weight is 290 g/mol. The van der Waals surface area contributed by atoms with E-state index in [4.69, 9.17) is 4.74 Å². The number of nitro groups is 1. The summed E-state index contributed by atoms with van der Waals surface area (Å²) in [6.45, 7) is 3.42. The number of non-ortho nitro benzene ring substituents is 1. The third kappa shape index (κ3) is 2.83. The van der Waals surface area contributed by atoms with E-state index in [1.165, 1.54) is 25.3 Å². The van der Waals surface area contributed by atoms with Crippen LogP contribution in [0.15, 0.2) is 18.2 Å². The zero-order valence-electron chi connectivity index (χ0n) is 11.8. The predicted molar refractivity (Wildman–Crippen MR) is 75.7 cm³/mol. The fourth-order valence-electron chi connectivity index (χ4n) is 1.98. The highest BCUT2D eigenvalue weighted by Gasteiger charge is 2.18. The number of methoxy groups -OCH3 is 1. The van der Waals surface area contributed by atoms with Gasteiger partial charge in [-0.25, -0.2) is 0 Å². The number of rotatable bonds is 4. The van der Waals surface area contributed by atoms with Crippen molar-refractivity contribution in [2.24, 2.45) is 0 Å². The number of benzene rings is 1. The zero-order chi connectivity index (χ0) is 15.6. The maximum absolute atomic E-state index is 12.3. The monoisotopic (exact) mass is 290 g/mol. The maximum Gasteiger partial charge on any atom is 0.271 e. The second kappa shape index (κ2) is 5.61. The SMILES string of the molecule is COc1ccc([N+](=O)[O-])cc1NC(=O)c1c(C)n[nH]c1C. The summed E-state index contributed by atoms with van der Waals surface area (Å²) < 4.78 is 5.10. The molecule has 0 saturated carbocycles. The molecule has 0 unspecified atom stereocenters. The first-order valence-electron chi connectivity index (χ1n) is 6.09. The predicted octanol–water partition coefficient (Wildman–Crippen LogP) is 2.20. The van der Waals surface area contributed by atoms with E-state index in [-0.39, 0.29) is 11.4 Å². The van der Waals surface area contributed by atoms with Crippen molar-refractivity contribution >= 4 is 17.3 Å². The van der Waals surface area contributed by atoms with Crippen LogP contribution < -0.4 is 10.1 Å². The quantitative estimate of drug-likeness (QED) is 0.662. The molecule has 21 heavy (non-hydrogen) atoms. The second-order valence-corrected chi connectivity index (χ2v) is 4.40. The number of nitrogens with zero attached hydrogens (tertiary/aromatic N) is 2. The maximum atomic E-state index is 12.3. The molecule has 2 N–H and O–H groups in total. The normalized spacial score (nSPS) is 10.2. The van der Waals surface area contributed by atoms with Crippen molar-refractivity contribution in [1.82, 2.24) is 10.2 Å². The van der Waals surface area contributed by atoms with Gasteiger partial charge in [0.2, 0.25) is 0 Å². The van der Waals surface area contributed by atoms with Crippen LogP contribution in [0.25, 0.3) is 0 Å². The molecule has 0 atom stereocenters. The Morgan fingerprint density at radius 1 is 1.43 bits per heavy atom. The van der Waals surface area contributed by atoms with E-state index in [1.54, 1.807) is 13.8 Å². The number of nitrogens with one attached hydrogen (secondary N) is 2. The van der Waals surface area contributed by atoms with Crippen LogP contribution in [0.2, 0.25) is 0 Å². The van der Waals surface area contributed by atoms with Gasteiger partial charge in [-0.05, 0) is 19.9 Å². The fraction of sp³-hybridized carbons (Fsp3) is 0.231. The number of aromatic amines is 1. The number of carbonyl (C=O) groups excluding carboxylic acids is 1. The van der Waals surface area contributed by atoms with Gasteiger partial charge < -0.3 is 10.1 Å². The molecule has 8 heteroatoms. The van der Waals surface area contributed by atoms with Crippen molar-refractivity contribution in [3.63, 3.8) is 0 Å². The van der Waals surface area contributed by atoms with E-state index in [1.807, 2.05) is 0 Å². The molecule has 1 aromatic carbocycles. The second-order valence-electron chi connectivity index (χ2n) is 4.40. The molecule has 0 aliphatic carbocycles. The molecule has 0 aliphatic heterocycles. The van der Waals surface area contributed by atoms with Crippen LogP contribution in [0.1, 0.15) is 21.7 Å². The van der Waals surface area contributed by atoms with Gasteiger partial charge in [0.25, 0.3) is 11.6 Å². The molecule has 1 amide bonds. The molecule has 2 aromatic rings. The molecule has 110 valence electrons. The molecular formula is C13H14N4O4. The van der Waals surface area contributed by atoms with E-state index in [0.29, 0.717) is 22.7 Å². The molecule has 1 aromatic heterocycles. The van der Waals surface area contributed by atoms with Crippen molar-refractivity contribution in [1.29, 1.82) is 0 Å². The van der Waals surface area contributed by atoms with Gasteiger partial charge in [-0.15, -0.1) is 0 Å². The van der Waals surface area contributed by atoms with E-state index >= 15 is 0 Å². The van der Waals surface area contributed by atoms with Gasteiger partial charge >= 0.3 is 0 Å². The first kappa shape index (κ1) is 14.5. The number of H-pyrrole nitrogens is 1. The summed E-state index contributed by atoms with van der Waals surface area (Å²) in [5, 5.41) is 20.1. The average Bonchev–Trinajstić information content (AvgIpc) is 2.78. The molecular weight excluding hydrogens is 276 g/mol. The molecule has 2 rings (SSSR count). The van der Waals surface area contributed by atoms with E-state index in [9.17, 15) is 14.9 Å². The van der Waals surface area contributed by atoms with Crippen LogP contribution in [0.3, 0.4) is 0 Å². The Labute approximate surface area is 120 Å². The largest absolute Gasteiger partial charge is 0.495 e. The Morgan fingerprint density at radius 3 is 2.67 bits per heavy atom. The lowest BCUT2D eigenvalue weighted by molar-refractivity contribution is -0.384. The lowest BCUT2D eigenvalue weighted by atomic mass is 10.1. The van der Waals surface area contributed by atoms with Crippen LogP contribution in [-0.4, -0.2) is 28.1 Å². The van der Waals surface area contributed by atoms with E-state index in [2.05, 4.69) is 15.5 Å². The Kier molecular flexibility index (Phi) is 3.88. The summed E-state index contributed by atoms with van der Waals surface area (Å²) in [6.07, 6.45) is 0. The van der Waals surface area contributed by atoms with Gasteiger partial charge in [-0.1, -0.05) is 0 Å². The summed E-state index contributed by atoms with van der Waals surface area (Å²) >= 11 is 0. The highest BCUT2D eigenvalue weighted by molar-refractivity contribution is 6.06. The number of carbonyl (C=O) groups is 1. The zero-order valence-corrected chi connectivity index (χ0v) is 11.8. The summed E-state index contributed by atoms with van der Waals surface area (Å²) in [6, 6.07) is 3.99. The number of anilines is 1. The molecule has 0 saturated heterocycles. The van der Waals surface area contributed by atoms with Crippen molar-refractivity contribution in [2.45, 2.75) is 13.8 Å². The third-order valence-corrected chi connectivity index (χ3v) is 3.00. The number of aromatic nitrogens is 2. The lowest BCUT2D eigenvalue weighted by Crippen LogP contribution is -2.14. The number of aryl methyl sites for hydroxylation is 2.